The van der Waals surface area contributed by atoms with Crippen LogP contribution in [0.5, 0.6) is 5.75 Å². The Bertz CT molecular complexity index is 1600. The third kappa shape index (κ3) is 5.27. The molecule has 0 aliphatic carbocycles. The molecule has 7 nitrogen and oxygen atoms in total. The van der Waals surface area contributed by atoms with E-state index in [1.165, 1.54) is 0 Å². The smallest absolute Gasteiger partial charge is 0.264 e. The third-order valence-corrected chi connectivity index (χ3v) is 12.8. The normalized spacial score (nSPS) is 26.2. The lowest BCUT2D eigenvalue weighted by Gasteiger charge is -2.37. The van der Waals surface area contributed by atoms with E-state index in [0.717, 1.165) is 20.3 Å². The number of benzene rings is 3. The third-order valence-electron chi connectivity index (χ3n) is 9.66. The Balaban J connectivity index is 1.37. The van der Waals surface area contributed by atoms with E-state index in [2.05, 4.69) is 22.6 Å². The minimum absolute atomic E-state index is 0.0702. The first-order chi connectivity index (χ1) is 21.0. The molecule has 5 atom stereocenters. The van der Waals surface area contributed by atoms with Crippen molar-refractivity contribution in [2.75, 3.05) is 18.6 Å². The van der Waals surface area contributed by atoms with Crippen LogP contribution in [0.15, 0.2) is 66.7 Å². The van der Waals surface area contributed by atoms with Crippen molar-refractivity contribution < 1.29 is 28.3 Å². The average Bonchev–Trinajstić information content (AvgIpc) is 3.42. The van der Waals surface area contributed by atoms with E-state index in [1.54, 1.807) is 30.0 Å². The number of anilines is 1. The van der Waals surface area contributed by atoms with Crippen LogP contribution in [0.4, 0.5) is 9.80 Å². The number of ether oxygens (including phenoxy) is 2. The molecule has 1 N–H and O–H groups in total. The van der Waals surface area contributed by atoms with Gasteiger partial charge < -0.3 is 28.5 Å². The molecule has 3 aromatic carbocycles. The molecule has 0 saturated carbocycles. The maximum absolute atomic E-state index is 16.3. The summed E-state index contributed by atoms with van der Waals surface area (Å²) in [6, 6.07) is 21.1. The summed E-state index contributed by atoms with van der Waals surface area (Å²) >= 11 is 2.26. The molecule has 1 spiro atoms. The summed E-state index contributed by atoms with van der Waals surface area (Å²) in [5.41, 5.74) is 2.42. The van der Waals surface area contributed by atoms with Crippen molar-refractivity contribution in [3.63, 3.8) is 0 Å². The highest BCUT2D eigenvalue weighted by atomic mass is 127. The maximum Gasteiger partial charge on any atom is 0.264 e. The number of amides is 2. The van der Waals surface area contributed by atoms with E-state index in [4.69, 9.17) is 9.47 Å². The molecule has 1 saturated heterocycles. The highest BCUT2D eigenvalue weighted by molar-refractivity contribution is 14.1. The van der Waals surface area contributed by atoms with Crippen molar-refractivity contribution >= 4 is 48.5 Å². The highest BCUT2D eigenvalue weighted by Crippen LogP contribution is 2.60. The van der Waals surface area contributed by atoms with Crippen molar-refractivity contribution in [1.82, 2.24) is 4.90 Å². The van der Waals surface area contributed by atoms with Gasteiger partial charge in [-0.25, -0.2) is 0 Å². The number of hydrogen-bond donors (Lipinski definition) is 1. The SMILES string of the molecule is COc1ccc2c(c1)[C@]1(O[C@@H](CC(=O)N3Cc4ccccc4C[C@H]3CO)[C@H]([Si](C)(C)F)[C@H]1C)C(=O)N2Cc1cccc(I)c1. The van der Waals surface area contributed by atoms with Gasteiger partial charge in [-0.15, -0.1) is 0 Å². The molecule has 10 heteroatoms. The standard InChI is InChI=1S/C34H38FIN2O5Si/c1-21-32(44(3,4)35)30(17-31(40)37-19-24-10-6-5-9-23(24)15-26(37)20-39)43-34(21)28-16-27(42-2)12-13-29(28)38(33(34)41)18-22-8-7-11-25(36)14-22/h5-14,16,21,26,30,32,39H,15,17-20H2,1-4H3/t21-,26+,30+,32-,34+/m1/s1. The number of aliphatic hydroxyl groups is 1. The van der Waals surface area contributed by atoms with Crippen LogP contribution in [0, 0.1) is 9.49 Å². The van der Waals surface area contributed by atoms with Gasteiger partial charge in [0.15, 0.2) is 5.60 Å². The zero-order valence-electron chi connectivity index (χ0n) is 25.4. The second kappa shape index (κ2) is 11.8. The number of aliphatic hydroxyl groups excluding tert-OH is 1. The molecule has 232 valence electrons. The molecule has 2 amide bonds. The van der Waals surface area contributed by atoms with Crippen molar-refractivity contribution in [3.8, 4) is 5.75 Å². The lowest BCUT2D eigenvalue weighted by Crippen LogP contribution is -2.48. The Morgan fingerprint density at radius 1 is 1.14 bits per heavy atom. The molecule has 0 radical (unpaired) electrons. The Morgan fingerprint density at radius 3 is 2.57 bits per heavy atom. The topological polar surface area (TPSA) is 79.3 Å². The van der Waals surface area contributed by atoms with Gasteiger partial charge in [0.25, 0.3) is 5.91 Å². The number of halogens is 2. The van der Waals surface area contributed by atoms with Crippen LogP contribution in [0.2, 0.25) is 18.6 Å². The van der Waals surface area contributed by atoms with Gasteiger partial charge in [0, 0.05) is 27.1 Å². The van der Waals surface area contributed by atoms with Crippen LogP contribution in [-0.4, -0.2) is 56.1 Å². The predicted octanol–water partition coefficient (Wildman–Crippen LogP) is 5.96. The summed E-state index contributed by atoms with van der Waals surface area (Å²) in [6.45, 7) is 5.71. The zero-order chi connectivity index (χ0) is 31.4. The number of carbonyl (C=O) groups excluding carboxylic acids is 2. The molecule has 44 heavy (non-hydrogen) atoms. The van der Waals surface area contributed by atoms with Gasteiger partial charge in [0.2, 0.25) is 14.3 Å². The summed E-state index contributed by atoms with van der Waals surface area (Å²) in [5.74, 6) is -0.399. The number of hydrogen-bond acceptors (Lipinski definition) is 5. The fourth-order valence-electron chi connectivity index (χ4n) is 7.66. The van der Waals surface area contributed by atoms with Crippen LogP contribution in [-0.2, 0) is 39.4 Å². The first-order valence-electron chi connectivity index (χ1n) is 15.1. The van der Waals surface area contributed by atoms with Gasteiger partial charge in [-0.3, -0.25) is 9.59 Å². The second-order valence-corrected chi connectivity index (χ2v) is 17.8. The van der Waals surface area contributed by atoms with Crippen LogP contribution in [0.1, 0.15) is 35.6 Å². The summed E-state index contributed by atoms with van der Waals surface area (Å²) in [6.07, 6.45) is -0.323. The Labute approximate surface area is 272 Å². The number of methoxy groups -OCH3 is 1. The van der Waals surface area contributed by atoms with Gasteiger partial charge >= 0.3 is 0 Å². The quantitative estimate of drug-likeness (QED) is 0.185. The highest BCUT2D eigenvalue weighted by Gasteiger charge is 2.67. The van der Waals surface area contributed by atoms with E-state index >= 15 is 4.11 Å². The van der Waals surface area contributed by atoms with Gasteiger partial charge in [-0.1, -0.05) is 43.3 Å². The largest absolute Gasteiger partial charge is 0.497 e. The first kappa shape index (κ1) is 31.2. The van der Waals surface area contributed by atoms with E-state index in [9.17, 15) is 14.7 Å². The minimum atomic E-state index is -3.47. The minimum Gasteiger partial charge on any atom is -0.497 e. The molecule has 3 aliphatic rings. The predicted molar refractivity (Wildman–Crippen MR) is 178 cm³/mol. The second-order valence-electron chi connectivity index (χ2n) is 12.7. The van der Waals surface area contributed by atoms with Crippen LogP contribution in [0.25, 0.3) is 0 Å². The molecule has 3 aromatic rings. The fraction of sp³-hybridized carbons (Fsp3) is 0.412. The number of nitrogens with zero attached hydrogens (tertiary/aromatic N) is 2. The van der Waals surface area contributed by atoms with E-state index < -0.39 is 31.6 Å². The Kier molecular flexibility index (Phi) is 8.40. The van der Waals surface area contributed by atoms with Crippen LogP contribution >= 0.6 is 22.6 Å². The zero-order valence-corrected chi connectivity index (χ0v) is 28.6. The lowest BCUT2D eigenvalue weighted by atomic mass is 9.82. The van der Waals surface area contributed by atoms with Gasteiger partial charge in [0.05, 0.1) is 44.5 Å². The summed E-state index contributed by atoms with van der Waals surface area (Å²) in [7, 11) is -1.89. The summed E-state index contributed by atoms with van der Waals surface area (Å²) < 4.78 is 29.8. The van der Waals surface area contributed by atoms with Crippen molar-refractivity contribution in [3.05, 3.63) is 92.6 Å². The maximum atomic E-state index is 16.3. The van der Waals surface area contributed by atoms with Gasteiger partial charge in [0.1, 0.15) is 5.75 Å². The Morgan fingerprint density at radius 2 is 1.89 bits per heavy atom. The van der Waals surface area contributed by atoms with Gasteiger partial charge in [-0.05, 0) is 89.1 Å². The fourth-order valence-corrected chi connectivity index (χ4v) is 10.8. The lowest BCUT2D eigenvalue weighted by molar-refractivity contribution is -0.151. The van der Waals surface area contributed by atoms with Crippen LogP contribution in [0.3, 0.4) is 0 Å². The molecular weight excluding hydrogens is 690 g/mol. The molecule has 6 rings (SSSR count). The Hall–Kier alpha value is -2.80. The first-order valence-corrected chi connectivity index (χ1v) is 19.1. The molecule has 3 aliphatic heterocycles. The van der Waals surface area contributed by atoms with Crippen molar-refractivity contribution in [2.24, 2.45) is 5.92 Å². The number of carbonyl (C=O) groups is 2. The van der Waals surface area contributed by atoms with Crippen LogP contribution < -0.4 is 9.64 Å². The number of fused-ring (bicyclic) bond motifs is 3. The van der Waals surface area contributed by atoms with E-state index in [-0.39, 0.29) is 30.9 Å². The molecule has 0 bridgehead atoms. The molecule has 0 aromatic heterocycles. The van der Waals surface area contributed by atoms with E-state index in [1.807, 2.05) is 73.7 Å². The molecule has 3 heterocycles. The average molecular weight is 729 g/mol. The number of rotatable bonds is 7. The molecule has 0 unspecified atom stereocenters. The summed E-state index contributed by atoms with van der Waals surface area (Å²) in [4.78, 5) is 32.1. The van der Waals surface area contributed by atoms with Crippen molar-refractivity contribution in [2.45, 2.75) is 69.2 Å². The molecule has 1 fully saturated rings. The van der Waals surface area contributed by atoms with E-state index in [0.29, 0.717) is 36.5 Å². The monoisotopic (exact) mass is 728 g/mol. The summed E-state index contributed by atoms with van der Waals surface area (Å²) in [5, 5.41) is 10.2. The molecular formula is C34H38FIN2O5Si. The van der Waals surface area contributed by atoms with Gasteiger partial charge in [-0.2, -0.15) is 0 Å². The van der Waals surface area contributed by atoms with Crippen molar-refractivity contribution in [1.29, 1.82) is 0 Å².